The number of rotatable bonds is 2. The Labute approximate surface area is 147 Å². The fraction of sp³-hybridized carbons (Fsp3) is 0.300. The number of phenolic OH excluding ortho intramolecular Hbond substituents is 1. The van der Waals surface area contributed by atoms with Gasteiger partial charge in [0.2, 0.25) is 5.91 Å². The molecule has 3 rings (SSSR count). The lowest BCUT2D eigenvalue weighted by Gasteiger charge is -2.21. The number of carbonyl (C=O) groups excluding carboxylic acids is 2. The van der Waals surface area contributed by atoms with E-state index in [0.29, 0.717) is 24.1 Å². The number of aromatic hydroxyl groups is 1. The van der Waals surface area contributed by atoms with E-state index in [0.717, 1.165) is 16.8 Å². The van der Waals surface area contributed by atoms with E-state index in [9.17, 15) is 14.7 Å². The topological polar surface area (TPSA) is 78.4 Å². The van der Waals surface area contributed by atoms with Crippen molar-refractivity contribution in [2.45, 2.75) is 39.0 Å². The van der Waals surface area contributed by atoms with Gasteiger partial charge in [0.15, 0.2) is 0 Å². The summed E-state index contributed by atoms with van der Waals surface area (Å²) in [4.78, 5) is 24.0. The normalized spacial score (nSPS) is 13.8. The van der Waals surface area contributed by atoms with E-state index in [4.69, 9.17) is 0 Å². The van der Waals surface area contributed by atoms with Crippen LogP contribution in [0.4, 0.5) is 11.4 Å². The van der Waals surface area contributed by atoms with Crippen molar-refractivity contribution in [2.75, 3.05) is 10.6 Å². The van der Waals surface area contributed by atoms with Crippen LogP contribution in [0.15, 0.2) is 36.4 Å². The van der Waals surface area contributed by atoms with Gasteiger partial charge in [0.1, 0.15) is 5.75 Å². The fourth-order valence-electron chi connectivity index (χ4n) is 2.82. The molecule has 0 atom stereocenters. The molecule has 2 amide bonds. The molecule has 0 saturated carbocycles. The number of anilines is 2. The van der Waals surface area contributed by atoms with Crippen LogP contribution in [0.25, 0.3) is 0 Å². The van der Waals surface area contributed by atoms with E-state index >= 15 is 0 Å². The third-order valence-electron chi connectivity index (χ3n) is 4.37. The molecule has 1 heterocycles. The van der Waals surface area contributed by atoms with Gasteiger partial charge < -0.3 is 15.7 Å². The molecular formula is C20H22N2O3. The van der Waals surface area contributed by atoms with E-state index in [-0.39, 0.29) is 23.0 Å². The van der Waals surface area contributed by atoms with Crippen LogP contribution in [0.5, 0.6) is 5.75 Å². The van der Waals surface area contributed by atoms with Crippen LogP contribution >= 0.6 is 0 Å². The number of carbonyl (C=O) groups is 2. The first-order valence-electron chi connectivity index (χ1n) is 8.32. The van der Waals surface area contributed by atoms with Gasteiger partial charge in [-0.05, 0) is 53.3 Å². The highest BCUT2D eigenvalue weighted by Crippen LogP contribution is 2.31. The predicted molar refractivity (Wildman–Crippen MR) is 98.2 cm³/mol. The molecule has 1 aliphatic heterocycles. The van der Waals surface area contributed by atoms with Gasteiger partial charge in [0.05, 0.1) is 5.69 Å². The molecule has 130 valence electrons. The Hall–Kier alpha value is -2.82. The molecule has 0 unspecified atom stereocenters. The molecule has 25 heavy (non-hydrogen) atoms. The van der Waals surface area contributed by atoms with Gasteiger partial charge >= 0.3 is 0 Å². The zero-order valence-corrected chi connectivity index (χ0v) is 14.6. The number of phenols is 1. The first kappa shape index (κ1) is 17.0. The van der Waals surface area contributed by atoms with Crippen molar-refractivity contribution in [1.29, 1.82) is 0 Å². The maximum atomic E-state index is 12.6. The molecule has 2 aromatic carbocycles. The number of fused-ring (bicyclic) bond motifs is 1. The van der Waals surface area contributed by atoms with Crippen LogP contribution < -0.4 is 10.6 Å². The summed E-state index contributed by atoms with van der Waals surface area (Å²) in [5.41, 5.74) is 3.52. The third kappa shape index (κ3) is 3.65. The first-order valence-corrected chi connectivity index (χ1v) is 8.32. The van der Waals surface area contributed by atoms with E-state index in [1.807, 2.05) is 6.07 Å². The highest BCUT2D eigenvalue weighted by Gasteiger charge is 2.19. The standard InChI is InChI=1S/C20H22N2O3/c1-20(2,3)14-6-8-17(23)16(11-14)22-19(25)13-4-7-15-12(10-13)5-9-18(24)21-15/h4,6-8,10-11,23H,5,9H2,1-3H3,(H,21,24)(H,22,25). The summed E-state index contributed by atoms with van der Waals surface area (Å²) in [6.07, 6.45) is 1.04. The Morgan fingerprint density at radius 2 is 1.88 bits per heavy atom. The maximum absolute atomic E-state index is 12.6. The first-order chi connectivity index (χ1) is 11.7. The second-order valence-electron chi connectivity index (χ2n) is 7.36. The molecular weight excluding hydrogens is 316 g/mol. The Balaban J connectivity index is 1.84. The van der Waals surface area contributed by atoms with Gasteiger partial charge in [-0.2, -0.15) is 0 Å². The zero-order valence-electron chi connectivity index (χ0n) is 14.6. The molecule has 0 bridgehead atoms. The highest BCUT2D eigenvalue weighted by molar-refractivity contribution is 6.06. The van der Waals surface area contributed by atoms with Crippen LogP contribution in [0.2, 0.25) is 0 Å². The van der Waals surface area contributed by atoms with Gasteiger partial charge in [0, 0.05) is 17.7 Å². The average molecular weight is 338 g/mol. The second-order valence-corrected chi connectivity index (χ2v) is 7.36. The summed E-state index contributed by atoms with van der Waals surface area (Å²) in [7, 11) is 0. The number of benzene rings is 2. The lowest BCUT2D eigenvalue weighted by Crippen LogP contribution is -2.20. The van der Waals surface area contributed by atoms with Crippen molar-refractivity contribution in [1.82, 2.24) is 0 Å². The molecule has 1 aliphatic rings. The van der Waals surface area contributed by atoms with Gasteiger partial charge in [0.25, 0.3) is 5.91 Å². The highest BCUT2D eigenvalue weighted by atomic mass is 16.3. The summed E-state index contributed by atoms with van der Waals surface area (Å²) < 4.78 is 0. The summed E-state index contributed by atoms with van der Waals surface area (Å²) in [6.45, 7) is 6.22. The molecule has 5 heteroatoms. The number of nitrogens with one attached hydrogen (secondary N) is 2. The van der Waals surface area contributed by atoms with Crippen LogP contribution in [-0.4, -0.2) is 16.9 Å². The van der Waals surface area contributed by atoms with Gasteiger partial charge in [-0.1, -0.05) is 26.8 Å². The van der Waals surface area contributed by atoms with Crippen LogP contribution in [0.3, 0.4) is 0 Å². The molecule has 2 aromatic rings. The summed E-state index contributed by atoms with van der Waals surface area (Å²) in [5.74, 6) is -0.263. The Bertz CT molecular complexity index is 851. The van der Waals surface area contributed by atoms with E-state index in [2.05, 4.69) is 31.4 Å². The van der Waals surface area contributed by atoms with Crippen molar-refractivity contribution < 1.29 is 14.7 Å². The molecule has 3 N–H and O–H groups in total. The van der Waals surface area contributed by atoms with Crippen molar-refractivity contribution in [3.8, 4) is 5.75 Å². The smallest absolute Gasteiger partial charge is 0.255 e. The van der Waals surface area contributed by atoms with Gasteiger partial charge in [-0.15, -0.1) is 0 Å². The van der Waals surface area contributed by atoms with Gasteiger partial charge in [-0.25, -0.2) is 0 Å². The van der Waals surface area contributed by atoms with Crippen molar-refractivity contribution in [3.05, 3.63) is 53.1 Å². The largest absolute Gasteiger partial charge is 0.506 e. The molecule has 0 aromatic heterocycles. The number of hydrogen-bond donors (Lipinski definition) is 3. The Kier molecular flexibility index (Phi) is 4.25. The summed E-state index contributed by atoms with van der Waals surface area (Å²) in [5, 5.41) is 15.6. The lowest BCUT2D eigenvalue weighted by molar-refractivity contribution is -0.116. The third-order valence-corrected chi connectivity index (χ3v) is 4.37. The number of amides is 2. The maximum Gasteiger partial charge on any atom is 0.255 e. The summed E-state index contributed by atoms with van der Waals surface area (Å²) >= 11 is 0. The molecule has 0 spiro atoms. The predicted octanol–water partition coefficient (Wildman–Crippen LogP) is 3.83. The van der Waals surface area contributed by atoms with Crippen LogP contribution in [0.1, 0.15) is 48.7 Å². The molecule has 0 radical (unpaired) electrons. The van der Waals surface area contributed by atoms with E-state index in [1.54, 1.807) is 30.3 Å². The number of aryl methyl sites for hydroxylation is 1. The monoisotopic (exact) mass is 338 g/mol. The Morgan fingerprint density at radius 1 is 1.12 bits per heavy atom. The minimum absolute atomic E-state index is 0.00591. The lowest BCUT2D eigenvalue weighted by atomic mass is 9.87. The molecule has 0 aliphatic carbocycles. The van der Waals surface area contributed by atoms with E-state index < -0.39 is 0 Å². The Morgan fingerprint density at radius 3 is 2.60 bits per heavy atom. The van der Waals surface area contributed by atoms with Crippen LogP contribution in [0, 0.1) is 0 Å². The SMILES string of the molecule is CC(C)(C)c1ccc(O)c(NC(=O)c2ccc3c(c2)CCC(=O)N3)c1. The second kappa shape index (κ2) is 6.24. The zero-order chi connectivity index (χ0) is 18.2. The summed E-state index contributed by atoms with van der Waals surface area (Å²) in [6, 6.07) is 10.4. The van der Waals surface area contributed by atoms with Gasteiger partial charge in [-0.3, -0.25) is 9.59 Å². The van der Waals surface area contributed by atoms with E-state index in [1.165, 1.54) is 0 Å². The number of hydrogen-bond acceptors (Lipinski definition) is 3. The average Bonchev–Trinajstić information content (AvgIpc) is 2.55. The van der Waals surface area contributed by atoms with Crippen LogP contribution in [-0.2, 0) is 16.6 Å². The van der Waals surface area contributed by atoms with Crippen molar-refractivity contribution in [3.63, 3.8) is 0 Å². The van der Waals surface area contributed by atoms with Crippen molar-refractivity contribution in [2.24, 2.45) is 0 Å². The van der Waals surface area contributed by atoms with Crippen molar-refractivity contribution >= 4 is 23.2 Å². The minimum Gasteiger partial charge on any atom is -0.506 e. The minimum atomic E-state index is -0.291. The fourth-order valence-corrected chi connectivity index (χ4v) is 2.82. The molecule has 5 nitrogen and oxygen atoms in total. The molecule has 0 fully saturated rings. The molecule has 0 saturated heterocycles. The quantitative estimate of drug-likeness (QED) is 0.728.